The number of fused-ring (bicyclic) bond motifs is 1. The third kappa shape index (κ3) is 2.52. The van der Waals surface area contributed by atoms with E-state index < -0.39 is 0 Å². The zero-order valence-corrected chi connectivity index (χ0v) is 11.8. The smallest absolute Gasteiger partial charge is 0.135 e. The summed E-state index contributed by atoms with van der Waals surface area (Å²) >= 11 is 0. The average Bonchev–Trinajstić information content (AvgIpc) is 2.93. The highest BCUT2D eigenvalue weighted by Gasteiger charge is 2.37. The molecular formula is C14H23N5. The van der Waals surface area contributed by atoms with E-state index in [1.165, 1.54) is 32.4 Å². The number of nitrogens with zero attached hydrogens (tertiary/aromatic N) is 3. The first-order valence-electron chi connectivity index (χ1n) is 7.28. The third-order valence-corrected chi connectivity index (χ3v) is 4.22. The fourth-order valence-electron chi connectivity index (χ4n) is 3.26. The van der Waals surface area contributed by atoms with Gasteiger partial charge in [0.25, 0.3) is 0 Å². The fourth-order valence-corrected chi connectivity index (χ4v) is 3.26. The monoisotopic (exact) mass is 261 g/mol. The highest BCUT2D eigenvalue weighted by molar-refractivity contribution is 5.46. The van der Waals surface area contributed by atoms with Crippen LogP contribution < -0.4 is 11.1 Å². The second kappa shape index (κ2) is 4.96. The summed E-state index contributed by atoms with van der Waals surface area (Å²) in [5.41, 5.74) is 5.88. The van der Waals surface area contributed by atoms with Crippen LogP contribution >= 0.6 is 0 Å². The van der Waals surface area contributed by atoms with Crippen molar-refractivity contribution in [1.82, 2.24) is 14.9 Å². The molecule has 5 heteroatoms. The van der Waals surface area contributed by atoms with E-state index in [2.05, 4.69) is 34.0 Å². The second-order valence-electron chi connectivity index (χ2n) is 5.98. The molecule has 3 rings (SSSR count). The maximum atomic E-state index is 5.88. The molecule has 2 saturated heterocycles. The maximum absolute atomic E-state index is 5.88. The van der Waals surface area contributed by atoms with Gasteiger partial charge in [-0.05, 0) is 25.8 Å². The van der Waals surface area contributed by atoms with E-state index in [1.807, 2.05) is 6.07 Å². The number of rotatable bonds is 3. The van der Waals surface area contributed by atoms with Crippen molar-refractivity contribution in [2.24, 2.45) is 0 Å². The predicted molar refractivity (Wildman–Crippen MR) is 77.2 cm³/mol. The van der Waals surface area contributed by atoms with Crippen molar-refractivity contribution in [3.8, 4) is 0 Å². The molecule has 5 nitrogen and oxygen atoms in total. The number of nitrogen functional groups attached to an aromatic ring is 1. The van der Waals surface area contributed by atoms with Crippen molar-refractivity contribution in [2.75, 3.05) is 24.1 Å². The van der Waals surface area contributed by atoms with E-state index in [-0.39, 0.29) is 0 Å². The highest BCUT2D eigenvalue weighted by Crippen LogP contribution is 2.30. The van der Waals surface area contributed by atoms with Crippen LogP contribution in [-0.2, 0) is 0 Å². The summed E-state index contributed by atoms with van der Waals surface area (Å²) in [5.74, 6) is 2.57. The Balaban J connectivity index is 1.76. The molecule has 1 aromatic heterocycles. The van der Waals surface area contributed by atoms with Crippen LogP contribution in [0, 0.1) is 0 Å². The van der Waals surface area contributed by atoms with Crippen LogP contribution in [0.15, 0.2) is 6.07 Å². The molecule has 0 spiro atoms. The zero-order valence-electron chi connectivity index (χ0n) is 11.8. The van der Waals surface area contributed by atoms with E-state index in [4.69, 9.17) is 5.73 Å². The third-order valence-electron chi connectivity index (χ3n) is 4.22. The molecule has 0 aliphatic carbocycles. The Kier molecular flexibility index (Phi) is 3.31. The molecule has 0 bridgehead atoms. The Hall–Kier alpha value is -1.36. The van der Waals surface area contributed by atoms with Crippen molar-refractivity contribution in [2.45, 2.75) is 51.1 Å². The predicted octanol–water partition coefficient (Wildman–Crippen LogP) is 1.83. The number of nitrogens with two attached hydrogens (primary N) is 1. The molecule has 2 unspecified atom stereocenters. The lowest BCUT2D eigenvalue weighted by Gasteiger charge is -2.22. The van der Waals surface area contributed by atoms with Crippen LogP contribution in [0.4, 0.5) is 11.6 Å². The first-order chi connectivity index (χ1) is 9.13. The largest absolute Gasteiger partial charge is 0.384 e. The lowest BCUT2D eigenvalue weighted by Crippen LogP contribution is -2.34. The van der Waals surface area contributed by atoms with E-state index in [0.29, 0.717) is 23.8 Å². The van der Waals surface area contributed by atoms with Gasteiger partial charge in [0, 0.05) is 30.6 Å². The average molecular weight is 261 g/mol. The molecule has 0 amide bonds. The topological polar surface area (TPSA) is 67.1 Å². The van der Waals surface area contributed by atoms with Gasteiger partial charge < -0.3 is 11.1 Å². The van der Waals surface area contributed by atoms with Gasteiger partial charge in [-0.3, -0.25) is 4.90 Å². The molecule has 3 N–H and O–H groups in total. The molecule has 2 aliphatic rings. The quantitative estimate of drug-likeness (QED) is 0.869. The van der Waals surface area contributed by atoms with Gasteiger partial charge in [-0.2, -0.15) is 0 Å². The van der Waals surface area contributed by atoms with Crippen LogP contribution in [0.25, 0.3) is 0 Å². The van der Waals surface area contributed by atoms with Crippen LogP contribution in [0.1, 0.15) is 44.9 Å². The van der Waals surface area contributed by atoms with Crippen molar-refractivity contribution in [3.05, 3.63) is 11.9 Å². The zero-order chi connectivity index (χ0) is 13.4. The van der Waals surface area contributed by atoms with Gasteiger partial charge in [0.1, 0.15) is 17.5 Å². The van der Waals surface area contributed by atoms with Gasteiger partial charge in [0.2, 0.25) is 0 Å². The Morgan fingerprint density at radius 3 is 2.95 bits per heavy atom. The molecule has 2 aliphatic heterocycles. The van der Waals surface area contributed by atoms with E-state index >= 15 is 0 Å². The number of anilines is 2. The van der Waals surface area contributed by atoms with Crippen LogP contribution in [0.5, 0.6) is 0 Å². The highest BCUT2D eigenvalue weighted by atomic mass is 15.2. The first-order valence-corrected chi connectivity index (χ1v) is 7.28. The van der Waals surface area contributed by atoms with E-state index in [1.54, 1.807) is 0 Å². The lowest BCUT2D eigenvalue weighted by atomic mass is 10.1. The Morgan fingerprint density at radius 1 is 1.32 bits per heavy atom. The summed E-state index contributed by atoms with van der Waals surface area (Å²) in [7, 11) is 0. The Morgan fingerprint density at radius 2 is 2.16 bits per heavy atom. The van der Waals surface area contributed by atoms with E-state index in [9.17, 15) is 0 Å². The molecule has 2 fully saturated rings. The van der Waals surface area contributed by atoms with Crippen LogP contribution in [0.2, 0.25) is 0 Å². The molecule has 2 atom stereocenters. The van der Waals surface area contributed by atoms with Gasteiger partial charge >= 0.3 is 0 Å². The summed E-state index contributed by atoms with van der Waals surface area (Å²) in [5, 5.41) is 3.58. The van der Waals surface area contributed by atoms with Crippen molar-refractivity contribution in [3.63, 3.8) is 0 Å². The molecule has 0 aromatic carbocycles. The van der Waals surface area contributed by atoms with Crippen molar-refractivity contribution >= 4 is 11.6 Å². The first kappa shape index (κ1) is 12.7. The van der Waals surface area contributed by atoms with Gasteiger partial charge in [-0.1, -0.05) is 13.8 Å². The maximum Gasteiger partial charge on any atom is 0.135 e. The van der Waals surface area contributed by atoms with E-state index in [0.717, 1.165) is 11.6 Å². The van der Waals surface area contributed by atoms with Gasteiger partial charge in [-0.25, -0.2) is 9.97 Å². The van der Waals surface area contributed by atoms with Gasteiger partial charge in [-0.15, -0.1) is 0 Å². The minimum Gasteiger partial charge on any atom is -0.384 e. The number of hydrogen-bond acceptors (Lipinski definition) is 5. The summed E-state index contributed by atoms with van der Waals surface area (Å²) < 4.78 is 0. The number of nitrogens with one attached hydrogen (secondary N) is 1. The van der Waals surface area contributed by atoms with Crippen LogP contribution in [0.3, 0.4) is 0 Å². The Bertz CT molecular complexity index is 459. The summed E-state index contributed by atoms with van der Waals surface area (Å²) in [6.45, 7) is 6.64. The molecule has 19 heavy (non-hydrogen) atoms. The normalized spacial score (nSPS) is 26.9. The minimum absolute atomic E-state index is 0.301. The van der Waals surface area contributed by atoms with Crippen LogP contribution in [-0.4, -0.2) is 40.0 Å². The SMILES string of the molecule is CC(C)c1nc(N)cc(NC2CCN3CCCC23)n1. The van der Waals surface area contributed by atoms with Gasteiger partial charge in [0.15, 0.2) is 0 Å². The molecule has 1 aromatic rings. The lowest BCUT2D eigenvalue weighted by molar-refractivity contribution is 0.318. The molecule has 104 valence electrons. The molecule has 0 saturated carbocycles. The summed E-state index contributed by atoms with van der Waals surface area (Å²) in [6, 6.07) is 3.04. The second-order valence-corrected chi connectivity index (χ2v) is 5.98. The number of aromatic nitrogens is 2. The fraction of sp³-hybridized carbons (Fsp3) is 0.714. The van der Waals surface area contributed by atoms with Crippen molar-refractivity contribution in [1.29, 1.82) is 0 Å². The summed E-state index contributed by atoms with van der Waals surface area (Å²) in [6.07, 6.45) is 3.83. The molecule has 3 heterocycles. The summed E-state index contributed by atoms with van der Waals surface area (Å²) in [4.78, 5) is 11.5. The van der Waals surface area contributed by atoms with Crippen molar-refractivity contribution < 1.29 is 0 Å². The Labute approximate surface area is 114 Å². The van der Waals surface area contributed by atoms with Gasteiger partial charge in [0.05, 0.1) is 0 Å². The molecule has 0 radical (unpaired) electrons. The minimum atomic E-state index is 0.301. The molecular weight excluding hydrogens is 238 g/mol. The number of hydrogen-bond donors (Lipinski definition) is 2. The standard InChI is InChI=1S/C14H23N5/c1-9(2)14-17-12(15)8-13(18-14)16-10-5-7-19-6-3-4-11(10)19/h8-11H,3-7H2,1-2H3,(H3,15,16,17,18).